The smallest absolute Gasteiger partial charge is 0.406 e. The van der Waals surface area contributed by atoms with Gasteiger partial charge < -0.3 is 9.64 Å². The van der Waals surface area contributed by atoms with E-state index in [1.165, 1.54) is 12.1 Å². The molecule has 2 atom stereocenters. The Morgan fingerprint density at radius 2 is 1.65 bits per heavy atom. The minimum Gasteiger partial charge on any atom is -0.406 e. The number of nitrogens with zero attached hydrogens (tertiary/aromatic N) is 2. The summed E-state index contributed by atoms with van der Waals surface area (Å²) < 4.78 is 40.2. The monoisotopic (exact) mass is 288 g/mol. The number of rotatable bonds is 2. The predicted octanol–water partition coefficient (Wildman–Crippen LogP) is 3.11. The van der Waals surface area contributed by atoms with E-state index in [-0.39, 0.29) is 5.75 Å². The molecule has 1 saturated heterocycles. The van der Waals surface area contributed by atoms with Crippen LogP contribution in [-0.2, 0) is 0 Å². The van der Waals surface area contributed by atoms with E-state index >= 15 is 0 Å². The Bertz CT molecular complexity index is 447. The average Bonchev–Trinajstić information content (AvgIpc) is 2.33. The maximum Gasteiger partial charge on any atom is 0.573 e. The number of benzene rings is 1. The summed E-state index contributed by atoms with van der Waals surface area (Å²) in [5.41, 5.74) is 0.923. The molecule has 0 bridgehead atoms. The molecule has 0 aliphatic carbocycles. The number of hydrogen-bond donors (Lipinski definition) is 0. The molecule has 112 valence electrons. The van der Waals surface area contributed by atoms with Crippen molar-refractivity contribution in [3.05, 3.63) is 24.3 Å². The van der Waals surface area contributed by atoms with E-state index in [9.17, 15) is 13.2 Å². The Morgan fingerprint density at radius 1 is 1.05 bits per heavy atom. The van der Waals surface area contributed by atoms with Gasteiger partial charge in [0.05, 0.1) is 0 Å². The number of halogens is 3. The molecule has 2 rings (SSSR count). The highest BCUT2D eigenvalue weighted by Crippen LogP contribution is 2.27. The lowest BCUT2D eigenvalue weighted by Gasteiger charge is -2.43. The van der Waals surface area contributed by atoms with E-state index in [2.05, 4.69) is 35.4 Å². The SMILES string of the molecule is C[C@@H]1CN(C)[C@@H](C)CN1c1ccc(OC(F)(F)F)cc1. The van der Waals surface area contributed by atoms with E-state index in [4.69, 9.17) is 0 Å². The molecule has 0 aromatic heterocycles. The summed E-state index contributed by atoms with van der Waals surface area (Å²) in [6.45, 7) is 6.04. The summed E-state index contributed by atoms with van der Waals surface area (Å²) in [4.78, 5) is 4.49. The van der Waals surface area contributed by atoms with E-state index in [0.29, 0.717) is 12.1 Å². The molecule has 0 amide bonds. The summed E-state index contributed by atoms with van der Waals surface area (Å²) in [7, 11) is 2.08. The summed E-state index contributed by atoms with van der Waals surface area (Å²) in [5.74, 6) is -0.184. The third-order valence-corrected chi connectivity index (χ3v) is 3.70. The lowest BCUT2D eigenvalue weighted by atomic mass is 10.1. The molecule has 0 radical (unpaired) electrons. The van der Waals surface area contributed by atoms with Crippen molar-refractivity contribution in [2.24, 2.45) is 0 Å². The van der Waals surface area contributed by atoms with Gasteiger partial charge >= 0.3 is 6.36 Å². The molecule has 0 spiro atoms. The predicted molar refractivity (Wildman–Crippen MR) is 72.0 cm³/mol. The van der Waals surface area contributed by atoms with Crippen LogP contribution >= 0.6 is 0 Å². The maximum atomic E-state index is 12.1. The Labute approximate surface area is 116 Å². The minimum atomic E-state index is -4.64. The molecule has 1 aliphatic rings. The fraction of sp³-hybridized carbons (Fsp3) is 0.571. The van der Waals surface area contributed by atoms with Crippen LogP contribution in [0.2, 0.25) is 0 Å². The van der Waals surface area contributed by atoms with E-state index in [1.54, 1.807) is 12.1 Å². The fourth-order valence-corrected chi connectivity index (χ4v) is 2.50. The highest BCUT2D eigenvalue weighted by Gasteiger charge is 2.31. The maximum absolute atomic E-state index is 12.1. The van der Waals surface area contributed by atoms with Crippen LogP contribution in [0.4, 0.5) is 18.9 Å². The molecule has 1 aromatic rings. The molecule has 1 aromatic carbocycles. The van der Waals surface area contributed by atoms with Crippen LogP contribution in [0.5, 0.6) is 5.75 Å². The van der Waals surface area contributed by atoms with Gasteiger partial charge in [0.1, 0.15) is 5.75 Å². The molecule has 6 heteroatoms. The standard InChI is InChI=1S/C14H19F3N2O/c1-10-9-19(11(2)8-18(10)3)12-4-6-13(7-5-12)20-14(15,16)17/h4-7,10-11H,8-9H2,1-3H3/t10-,11+/m0/s1. The lowest BCUT2D eigenvalue weighted by Crippen LogP contribution is -2.55. The third-order valence-electron chi connectivity index (χ3n) is 3.70. The van der Waals surface area contributed by atoms with Crippen LogP contribution in [0, 0.1) is 0 Å². The van der Waals surface area contributed by atoms with Crippen LogP contribution in [0.1, 0.15) is 13.8 Å². The van der Waals surface area contributed by atoms with Gasteiger partial charge in [0.2, 0.25) is 0 Å². The number of anilines is 1. The molecule has 0 unspecified atom stereocenters. The zero-order chi connectivity index (χ0) is 14.9. The fourth-order valence-electron chi connectivity index (χ4n) is 2.50. The second-order valence-corrected chi connectivity index (χ2v) is 5.33. The van der Waals surface area contributed by atoms with Gasteiger partial charge in [-0.2, -0.15) is 0 Å². The second kappa shape index (κ2) is 5.52. The molecule has 0 N–H and O–H groups in total. The van der Waals surface area contributed by atoms with Gasteiger partial charge in [0, 0.05) is 30.9 Å². The van der Waals surface area contributed by atoms with Gasteiger partial charge in [0.15, 0.2) is 0 Å². The molecular weight excluding hydrogens is 269 g/mol. The van der Waals surface area contributed by atoms with Crippen molar-refractivity contribution in [1.29, 1.82) is 0 Å². The number of hydrogen-bond acceptors (Lipinski definition) is 3. The Balaban J connectivity index is 2.09. The first-order valence-corrected chi connectivity index (χ1v) is 6.59. The highest BCUT2D eigenvalue weighted by molar-refractivity contribution is 5.50. The van der Waals surface area contributed by atoms with Gasteiger partial charge in [-0.15, -0.1) is 13.2 Å². The van der Waals surface area contributed by atoms with E-state index in [1.807, 2.05) is 0 Å². The first-order chi connectivity index (χ1) is 9.26. The van der Waals surface area contributed by atoms with Crippen LogP contribution in [-0.4, -0.2) is 43.5 Å². The van der Waals surface area contributed by atoms with Crippen molar-refractivity contribution in [1.82, 2.24) is 4.90 Å². The van der Waals surface area contributed by atoms with Crippen molar-refractivity contribution < 1.29 is 17.9 Å². The highest BCUT2D eigenvalue weighted by atomic mass is 19.4. The first-order valence-electron chi connectivity index (χ1n) is 6.59. The summed E-state index contributed by atoms with van der Waals surface area (Å²) >= 11 is 0. The largest absolute Gasteiger partial charge is 0.573 e. The molecular formula is C14H19F3N2O. The summed E-state index contributed by atoms with van der Waals surface area (Å²) in [6, 6.07) is 6.81. The molecule has 1 fully saturated rings. The third kappa shape index (κ3) is 3.56. The van der Waals surface area contributed by atoms with Crippen molar-refractivity contribution in [3.63, 3.8) is 0 Å². The van der Waals surface area contributed by atoms with Crippen molar-refractivity contribution >= 4 is 5.69 Å². The average molecular weight is 288 g/mol. The quantitative estimate of drug-likeness (QED) is 0.831. The van der Waals surface area contributed by atoms with Gasteiger partial charge in [-0.3, -0.25) is 4.90 Å². The number of likely N-dealkylation sites (N-methyl/N-ethyl adjacent to an activating group) is 1. The van der Waals surface area contributed by atoms with Crippen molar-refractivity contribution in [2.45, 2.75) is 32.3 Å². The lowest BCUT2D eigenvalue weighted by molar-refractivity contribution is -0.274. The molecule has 0 saturated carbocycles. The van der Waals surface area contributed by atoms with Gasteiger partial charge in [-0.25, -0.2) is 0 Å². The van der Waals surface area contributed by atoms with Gasteiger partial charge in [-0.1, -0.05) is 0 Å². The number of alkyl halides is 3. The zero-order valence-corrected chi connectivity index (χ0v) is 11.8. The Kier molecular flexibility index (Phi) is 4.13. The van der Waals surface area contributed by atoms with Crippen LogP contribution < -0.4 is 9.64 Å². The molecule has 1 aliphatic heterocycles. The van der Waals surface area contributed by atoms with Gasteiger partial charge in [0.25, 0.3) is 0 Å². The van der Waals surface area contributed by atoms with Crippen molar-refractivity contribution in [2.75, 3.05) is 25.0 Å². The normalized spacial score (nSPS) is 24.8. The van der Waals surface area contributed by atoms with E-state index in [0.717, 1.165) is 18.8 Å². The topological polar surface area (TPSA) is 15.7 Å². The molecule has 20 heavy (non-hydrogen) atoms. The Hall–Kier alpha value is -1.43. The summed E-state index contributed by atoms with van der Waals surface area (Å²) in [6.07, 6.45) is -4.64. The zero-order valence-electron chi connectivity index (χ0n) is 11.8. The number of piperazine rings is 1. The van der Waals surface area contributed by atoms with Crippen LogP contribution in [0.25, 0.3) is 0 Å². The van der Waals surface area contributed by atoms with Crippen LogP contribution in [0.3, 0.4) is 0 Å². The molecule has 1 heterocycles. The minimum absolute atomic E-state index is 0.184. The second-order valence-electron chi connectivity index (χ2n) is 5.33. The van der Waals surface area contributed by atoms with Gasteiger partial charge in [-0.05, 0) is 45.2 Å². The summed E-state index contributed by atoms with van der Waals surface area (Å²) in [5, 5.41) is 0. The Morgan fingerprint density at radius 3 is 2.20 bits per heavy atom. The van der Waals surface area contributed by atoms with Crippen molar-refractivity contribution in [3.8, 4) is 5.75 Å². The number of ether oxygens (including phenoxy) is 1. The first kappa shape index (κ1) is 15.0. The van der Waals surface area contributed by atoms with Crippen LogP contribution in [0.15, 0.2) is 24.3 Å². The van der Waals surface area contributed by atoms with E-state index < -0.39 is 6.36 Å². The molecule has 3 nitrogen and oxygen atoms in total.